The lowest BCUT2D eigenvalue weighted by molar-refractivity contribution is -0.126. The second kappa shape index (κ2) is 3.94. The first-order chi connectivity index (χ1) is 8.65. The minimum Gasteiger partial charge on any atom is -0.352 e. The molecule has 0 aliphatic carbocycles. The highest BCUT2D eigenvalue weighted by molar-refractivity contribution is 6.02. The van der Waals surface area contributed by atoms with E-state index in [1.54, 1.807) is 6.07 Å². The van der Waals surface area contributed by atoms with Crippen molar-refractivity contribution < 1.29 is 14.0 Å². The molecule has 0 atom stereocenters. The first-order valence-electron chi connectivity index (χ1n) is 5.61. The highest BCUT2D eigenvalue weighted by Gasteiger charge is 2.41. The van der Waals surface area contributed by atoms with Gasteiger partial charge in [-0.3, -0.25) is 9.69 Å². The van der Waals surface area contributed by atoms with Gasteiger partial charge in [-0.1, -0.05) is 0 Å². The maximum atomic E-state index is 12.7. The lowest BCUT2D eigenvalue weighted by Crippen LogP contribution is -2.61. The number of rotatable bonds is 2. The molecule has 2 aliphatic heterocycles. The zero-order valence-electron chi connectivity index (χ0n) is 9.47. The minimum absolute atomic E-state index is 0.0735. The van der Waals surface area contributed by atoms with Crippen molar-refractivity contribution in [3.8, 4) is 0 Å². The molecule has 18 heavy (non-hydrogen) atoms. The van der Waals surface area contributed by atoms with E-state index in [0.29, 0.717) is 18.9 Å². The number of anilines is 1. The summed E-state index contributed by atoms with van der Waals surface area (Å²) in [6.45, 7) is 1.15. The van der Waals surface area contributed by atoms with Crippen LogP contribution in [0.3, 0.4) is 0 Å². The third kappa shape index (κ3) is 1.68. The van der Waals surface area contributed by atoms with Crippen molar-refractivity contribution in [2.45, 2.75) is 6.04 Å². The number of aromatic nitrogens is 1. The number of pyridine rings is 1. The molecule has 94 valence electrons. The van der Waals surface area contributed by atoms with Gasteiger partial charge in [0.25, 0.3) is 0 Å². The summed E-state index contributed by atoms with van der Waals surface area (Å²) in [6.07, 6.45) is 1.15. The van der Waals surface area contributed by atoms with Gasteiger partial charge in [-0.25, -0.2) is 14.2 Å². The summed E-state index contributed by atoms with van der Waals surface area (Å²) < 4.78 is 12.7. The van der Waals surface area contributed by atoms with Gasteiger partial charge in [-0.15, -0.1) is 0 Å². The average molecular weight is 250 g/mol. The van der Waals surface area contributed by atoms with Crippen molar-refractivity contribution in [2.75, 3.05) is 24.5 Å². The Labute approximate surface area is 102 Å². The van der Waals surface area contributed by atoms with Crippen LogP contribution < -0.4 is 10.2 Å². The Morgan fingerprint density at radius 1 is 1.33 bits per heavy atom. The van der Waals surface area contributed by atoms with Gasteiger partial charge in [0.05, 0.1) is 18.8 Å². The van der Waals surface area contributed by atoms with Gasteiger partial charge >= 0.3 is 6.03 Å². The second-order valence-electron chi connectivity index (χ2n) is 4.32. The quantitative estimate of drug-likeness (QED) is 0.748. The molecule has 0 aromatic carbocycles. The topological polar surface area (TPSA) is 65.5 Å². The normalized spacial score (nSPS) is 20.1. The summed E-state index contributed by atoms with van der Waals surface area (Å²) >= 11 is 0. The van der Waals surface area contributed by atoms with Gasteiger partial charge in [-0.05, 0) is 12.1 Å². The van der Waals surface area contributed by atoms with Crippen molar-refractivity contribution >= 4 is 17.8 Å². The molecule has 1 aromatic heterocycles. The maximum Gasteiger partial charge on any atom is 0.324 e. The summed E-state index contributed by atoms with van der Waals surface area (Å²) in [4.78, 5) is 30.0. The van der Waals surface area contributed by atoms with Gasteiger partial charge in [0.1, 0.15) is 11.6 Å². The minimum atomic E-state index is -0.384. The molecule has 0 saturated carbocycles. The van der Waals surface area contributed by atoms with Crippen molar-refractivity contribution in [1.29, 1.82) is 0 Å². The molecule has 0 radical (unpaired) electrons. The standard InChI is InChI=1S/C11H11FN4O2/c12-7-1-2-9(13-3-7)15-5-8(6-15)16-10(17)4-14-11(16)18/h1-3,8H,4-6H2,(H,14,18). The Morgan fingerprint density at radius 3 is 2.67 bits per heavy atom. The number of nitrogens with one attached hydrogen (secondary N) is 1. The van der Waals surface area contributed by atoms with Crippen LogP contribution in [0, 0.1) is 5.82 Å². The van der Waals surface area contributed by atoms with E-state index in [1.165, 1.54) is 11.0 Å². The monoisotopic (exact) mass is 250 g/mol. The average Bonchev–Trinajstić information content (AvgIpc) is 2.61. The van der Waals surface area contributed by atoms with Crippen LogP contribution in [0.15, 0.2) is 18.3 Å². The maximum absolute atomic E-state index is 12.7. The Morgan fingerprint density at radius 2 is 2.11 bits per heavy atom. The second-order valence-corrected chi connectivity index (χ2v) is 4.32. The van der Waals surface area contributed by atoms with E-state index in [0.717, 1.165) is 6.20 Å². The fraction of sp³-hybridized carbons (Fsp3) is 0.364. The number of carbonyl (C=O) groups is 2. The summed E-state index contributed by atoms with van der Waals surface area (Å²) in [6, 6.07) is 2.46. The van der Waals surface area contributed by atoms with Gasteiger partial charge in [0.2, 0.25) is 5.91 Å². The summed E-state index contributed by atoms with van der Waals surface area (Å²) in [5.74, 6) is 0.0707. The predicted octanol–water partition coefficient (Wildman–Crippen LogP) is -0.0389. The van der Waals surface area contributed by atoms with E-state index in [-0.39, 0.29) is 30.3 Å². The van der Waals surface area contributed by atoms with Gasteiger partial charge in [0.15, 0.2) is 0 Å². The van der Waals surface area contributed by atoms with E-state index in [9.17, 15) is 14.0 Å². The van der Waals surface area contributed by atoms with Crippen LogP contribution in [0.1, 0.15) is 0 Å². The van der Waals surface area contributed by atoms with Crippen LogP contribution in [-0.2, 0) is 4.79 Å². The van der Waals surface area contributed by atoms with Crippen molar-refractivity contribution in [3.63, 3.8) is 0 Å². The molecule has 0 bridgehead atoms. The molecule has 0 unspecified atom stereocenters. The number of carbonyl (C=O) groups excluding carboxylic acids is 2. The lowest BCUT2D eigenvalue weighted by Gasteiger charge is -2.43. The zero-order valence-corrected chi connectivity index (χ0v) is 9.47. The molecule has 0 spiro atoms. The van der Waals surface area contributed by atoms with Crippen molar-refractivity contribution in [2.24, 2.45) is 0 Å². The number of halogens is 1. The molecule has 3 rings (SSSR count). The van der Waals surface area contributed by atoms with E-state index in [4.69, 9.17) is 0 Å². The van der Waals surface area contributed by atoms with Crippen LogP contribution in [0.5, 0.6) is 0 Å². The Kier molecular flexibility index (Phi) is 2.39. The zero-order chi connectivity index (χ0) is 12.7. The summed E-state index contributed by atoms with van der Waals surface area (Å²) in [7, 11) is 0. The predicted molar refractivity (Wildman–Crippen MR) is 60.4 cm³/mol. The van der Waals surface area contributed by atoms with E-state index >= 15 is 0 Å². The fourth-order valence-corrected chi connectivity index (χ4v) is 2.17. The number of hydrogen-bond acceptors (Lipinski definition) is 4. The number of nitrogens with zero attached hydrogens (tertiary/aromatic N) is 3. The largest absolute Gasteiger partial charge is 0.352 e. The molecule has 1 aromatic rings. The third-order valence-electron chi connectivity index (χ3n) is 3.14. The van der Waals surface area contributed by atoms with Crippen LogP contribution in [-0.4, -0.2) is 47.5 Å². The molecule has 6 nitrogen and oxygen atoms in total. The highest BCUT2D eigenvalue weighted by Crippen LogP contribution is 2.23. The molecule has 7 heteroatoms. The number of imide groups is 1. The SMILES string of the molecule is O=C1CNC(=O)N1C1CN(c2ccc(F)cn2)C1. The number of hydrogen-bond donors (Lipinski definition) is 1. The van der Waals surface area contributed by atoms with Crippen molar-refractivity contribution in [3.05, 3.63) is 24.1 Å². The number of urea groups is 1. The third-order valence-corrected chi connectivity index (χ3v) is 3.14. The number of amides is 3. The van der Waals surface area contributed by atoms with Gasteiger partial charge in [-0.2, -0.15) is 0 Å². The first kappa shape index (κ1) is 10.9. The fourth-order valence-electron chi connectivity index (χ4n) is 2.17. The first-order valence-corrected chi connectivity index (χ1v) is 5.61. The van der Waals surface area contributed by atoms with Crippen molar-refractivity contribution in [1.82, 2.24) is 15.2 Å². The van der Waals surface area contributed by atoms with Crippen LogP contribution in [0.2, 0.25) is 0 Å². The molecule has 3 heterocycles. The Bertz CT molecular complexity index is 482. The highest BCUT2D eigenvalue weighted by atomic mass is 19.1. The van der Waals surface area contributed by atoms with Crippen LogP contribution in [0.25, 0.3) is 0 Å². The van der Waals surface area contributed by atoms with E-state index in [1.807, 2.05) is 4.90 Å². The Hall–Kier alpha value is -2.18. The van der Waals surface area contributed by atoms with Crippen LogP contribution in [0.4, 0.5) is 15.0 Å². The summed E-state index contributed by atoms with van der Waals surface area (Å²) in [5, 5.41) is 2.48. The molecule has 2 aliphatic rings. The smallest absolute Gasteiger partial charge is 0.324 e. The Balaban J connectivity index is 1.65. The van der Waals surface area contributed by atoms with E-state index in [2.05, 4.69) is 10.3 Å². The molecular weight excluding hydrogens is 239 g/mol. The molecular formula is C11H11FN4O2. The molecule has 2 saturated heterocycles. The summed E-state index contributed by atoms with van der Waals surface area (Å²) in [5.41, 5.74) is 0. The molecule has 2 fully saturated rings. The molecule has 1 N–H and O–H groups in total. The van der Waals surface area contributed by atoms with Gasteiger partial charge < -0.3 is 10.2 Å². The van der Waals surface area contributed by atoms with E-state index < -0.39 is 0 Å². The molecule has 3 amide bonds. The van der Waals surface area contributed by atoms with Crippen LogP contribution >= 0.6 is 0 Å². The van der Waals surface area contributed by atoms with Gasteiger partial charge in [0, 0.05) is 13.1 Å². The lowest BCUT2D eigenvalue weighted by atomic mass is 10.1.